The molecular formula is C23H24N6O2+2. The number of aromatic nitrogens is 4. The second kappa shape index (κ2) is 9.53. The Kier molecular flexibility index (Phi) is 6.18. The number of carbonyl (C=O) groups excluding carboxylic acids is 2. The Morgan fingerprint density at radius 2 is 1.10 bits per heavy atom. The number of para-hydroxylation sites is 2. The lowest BCUT2D eigenvalue weighted by Crippen LogP contribution is -2.49. The highest BCUT2D eigenvalue weighted by Gasteiger charge is 2.13. The number of imidazole rings is 2. The molecule has 0 spiro atoms. The molecule has 8 heteroatoms. The van der Waals surface area contributed by atoms with Crippen LogP contribution in [0.3, 0.4) is 0 Å². The van der Waals surface area contributed by atoms with Gasteiger partial charge in [0, 0.05) is 11.4 Å². The van der Waals surface area contributed by atoms with Crippen molar-refractivity contribution in [3.63, 3.8) is 0 Å². The van der Waals surface area contributed by atoms with Crippen molar-refractivity contribution in [2.45, 2.75) is 19.8 Å². The van der Waals surface area contributed by atoms with E-state index in [2.05, 4.69) is 10.6 Å². The molecular weight excluding hydrogens is 392 g/mol. The van der Waals surface area contributed by atoms with Gasteiger partial charge in [-0.1, -0.05) is 36.4 Å². The molecule has 2 amide bonds. The van der Waals surface area contributed by atoms with Crippen molar-refractivity contribution in [2.75, 3.05) is 10.6 Å². The molecule has 0 radical (unpaired) electrons. The molecule has 0 fully saturated rings. The van der Waals surface area contributed by atoms with Gasteiger partial charge in [0.1, 0.15) is 24.8 Å². The summed E-state index contributed by atoms with van der Waals surface area (Å²) >= 11 is 0. The quantitative estimate of drug-likeness (QED) is 0.429. The van der Waals surface area contributed by atoms with Gasteiger partial charge in [-0.2, -0.15) is 9.13 Å². The molecule has 2 aromatic heterocycles. The van der Waals surface area contributed by atoms with Gasteiger partial charge in [-0.3, -0.25) is 9.59 Å². The van der Waals surface area contributed by atoms with Crippen molar-refractivity contribution in [3.8, 4) is 0 Å². The van der Waals surface area contributed by atoms with Gasteiger partial charge in [0.2, 0.25) is 19.3 Å². The summed E-state index contributed by atoms with van der Waals surface area (Å²) in [6.07, 6.45) is 11.3. The number of hydrogen-bond acceptors (Lipinski definition) is 2. The van der Waals surface area contributed by atoms with Crippen LogP contribution >= 0.6 is 0 Å². The monoisotopic (exact) mass is 416 g/mol. The van der Waals surface area contributed by atoms with Crippen LogP contribution in [0.15, 0.2) is 98.1 Å². The summed E-state index contributed by atoms with van der Waals surface area (Å²) in [4.78, 5) is 24.4. The largest absolute Gasteiger partial charge is 0.323 e. The van der Waals surface area contributed by atoms with Gasteiger partial charge in [-0.25, -0.2) is 9.13 Å². The Morgan fingerprint density at radius 3 is 1.52 bits per heavy atom. The minimum absolute atomic E-state index is 0.0859. The Labute approximate surface area is 180 Å². The third-order valence-electron chi connectivity index (χ3n) is 4.59. The molecule has 0 saturated carbocycles. The van der Waals surface area contributed by atoms with Crippen molar-refractivity contribution in [1.29, 1.82) is 0 Å². The third-order valence-corrected chi connectivity index (χ3v) is 4.59. The smallest absolute Gasteiger partial charge is 0.266 e. The number of benzene rings is 2. The lowest BCUT2D eigenvalue weighted by molar-refractivity contribution is -0.912. The second-order valence-electron chi connectivity index (χ2n) is 7.17. The summed E-state index contributed by atoms with van der Waals surface area (Å²) < 4.78 is 7.57. The highest BCUT2D eigenvalue weighted by molar-refractivity contribution is 5.90. The number of amides is 2. The Hall–Kier alpha value is -4.20. The van der Waals surface area contributed by atoms with Gasteiger partial charge in [-0.15, -0.1) is 0 Å². The van der Waals surface area contributed by atoms with Crippen LogP contribution in [0.5, 0.6) is 0 Å². The van der Waals surface area contributed by atoms with E-state index in [0.29, 0.717) is 6.67 Å². The molecule has 0 bridgehead atoms. The van der Waals surface area contributed by atoms with Crippen LogP contribution in [0.2, 0.25) is 0 Å². The minimum atomic E-state index is -0.0859. The first kappa shape index (κ1) is 20.1. The average Bonchev–Trinajstić information content (AvgIpc) is 3.38. The van der Waals surface area contributed by atoms with Crippen LogP contribution in [0, 0.1) is 0 Å². The van der Waals surface area contributed by atoms with E-state index in [0.717, 1.165) is 11.4 Å². The first-order valence-electron chi connectivity index (χ1n) is 9.93. The molecule has 0 aliphatic heterocycles. The van der Waals surface area contributed by atoms with Crippen LogP contribution < -0.4 is 19.8 Å². The molecule has 0 aliphatic carbocycles. The van der Waals surface area contributed by atoms with Crippen LogP contribution in [0.25, 0.3) is 0 Å². The first-order chi connectivity index (χ1) is 15.1. The van der Waals surface area contributed by atoms with E-state index in [1.165, 1.54) is 0 Å². The molecule has 8 nitrogen and oxygen atoms in total. The van der Waals surface area contributed by atoms with Gasteiger partial charge in [-0.05, 0) is 24.3 Å². The van der Waals surface area contributed by atoms with Crippen molar-refractivity contribution in [1.82, 2.24) is 9.13 Å². The van der Waals surface area contributed by atoms with E-state index >= 15 is 0 Å². The van der Waals surface area contributed by atoms with E-state index in [1.54, 1.807) is 0 Å². The lowest BCUT2D eigenvalue weighted by atomic mass is 10.3. The normalized spacial score (nSPS) is 10.6. The maximum Gasteiger partial charge on any atom is 0.266 e. The molecule has 156 valence electrons. The van der Waals surface area contributed by atoms with Crippen molar-refractivity contribution in [2.24, 2.45) is 0 Å². The number of anilines is 2. The number of nitrogens with one attached hydrogen (secondary N) is 2. The zero-order valence-corrected chi connectivity index (χ0v) is 17.0. The third kappa shape index (κ3) is 5.89. The lowest BCUT2D eigenvalue weighted by Gasteiger charge is -2.02. The van der Waals surface area contributed by atoms with E-state index in [-0.39, 0.29) is 24.9 Å². The number of rotatable bonds is 8. The predicted molar refractivity (Wildman–Crippen MR) is 115 cm³/mol. The number of carbonyl (C=O) groups is 2. The SMILES string of the molecule is O=C(Cn1cc[n+](C[n+]2ccn(CC(=O)Nc3ccccc3)c2)c1)Nc1ccccc1. The number of hydrogen-bond donors (Lipinski definition) is 2. The predicted octanol–water partition coefficient (Wildman–Crippen LogP) is 1.65. The molecule has 4 aromatic rings. The van der Waals surface area contributed by atoms with Gasteiger partial charge in [0.15, 0.2) is 13.1 Å². The van der Waals surface area contributed by atoms with Crippen LogP contribution in [0.4, 0.5) is 11.4 Å². The molecule has 0 aliphatic rings. The molecule has 0 saturated heterocycles. The van der Waals surface area contributed by atoms with Gasteiger partial charge in [0.05, 0.1) is 0 Å². The van der Waals surface area contributed by atoms with Crippen molar-refractivity contribution >= 4 is 23.2 Å². The molecule has 2 aromatic carbocycles. The average molecular weight is 416 g/mol. The van der Waals surface area contributed by atoms with Crippen LogP contribution in [-0.2, 0) is 29.3 Å². The highest BCUT2D eigenvalue weighted by Crippen LogP contribution is 2.05. The Balaban J connectivity index is 1.28. The number of nitrogens with zero attached hydrogens (tertiary/aromatic N) is 4. The fourth-order valence-electron chi connectivity index (χ4n) is 3.20. The summed E-state index contributed by atoms with van der Waals surface area (Å²) in [5.41, 5.74) is 1.56. The summed E-state index contributed by atoms with van der Waals surface area (Å²) in [6, 6.07) is 18.8. The molecule has 2 N–H and O–H groups in total. The molecule has 0 atom stereocenters. The van der Waals surface area contributed by atoms with E-state index in [1.807, 2.05) is 116 Å². The fraction of sp³-hybridized carbons (Fsp3) is 0.130. The Bertz CT molecular complexity index is 1060. The topological polar surface area (TPSA) is 75.8 Å². The molecule has 4 rings (SSSR count). The van der Waals surface area contributed by atoms with Crippen LogP contribution in [-0.4, -0.2) is 20.9 Å². The maximum absolute atomic E-state index is 12.2. The van der Waals surface area contributed by atoms with E-state index in [4.69, 9.17) is 0 Å². The van der Waals surface area contributed by atoms with Gasteiger partial charge < -0.3 is 10.6 Å². The summed E-state index contributed by atoms with van der Waals surface area (Å²) in [7, 11) is 0. The Morgan fingerprint density at radius 1 is 0.677 bits per heavy atom. The van der Waals surface area contributed by atoms with Crippen molar-refractivity contribution < 1.29 is 18.7 Å². The van der Waals surface area contributed by atoms with E-state index in [9.17, 15) is 9.59 Å². The summed E-state index contributed by atoms with van der Waals surface area (Å²) in [6.45, 7) is 1.03. The highest BCUT2D eigenvalue weighted by atomic mass is 16.2. The summed E-state index contributed by atoms with van der Waals surface area (Å²) in [5, 5.41) is 5.75. The van der Waals surface area contributed by atoms with Gasteiger partial charge in [0.25, 0.3) is 11.8 Å². The molecule has 31 heavy (non-hydrogen) atoms. The standard InChI is InChI=1S/C23H22N6O2/c30-22(24-20-7-3-1-4-8-20)15-26-11-13-28(17-26)19-29-14-12-27(18-29)16-23(31)25-21-9-5-2-6-10-21/h1-14,17-18H,15-16,19H2/p+2. The molecule has 0 unspecified atom stereocenters. The van der Waals surface area contributed by atoms with Crippen LogP contribution in [0.1, 0.15) is 0 Å². The van der Waals surface area contributed by atoms with Gasteiger partial charge >= 0.3 is 0 Å². The first-order valence-corrected chi connectivity index (χ1v) is 9.93. The minimum Gasteiger partial charge on any atom is -0.323 e. The van der Waals surface area contributed by atoms with E-state index < -0.39 is 0 Å². The maximum atomic E-state index is 12.2. The van der Waals surface area contributed by atoms with Crippen molar-refractivity contribution in [3.05, 3.63) is 98.1 Å². The zero-order chi connectivity index (χ0) is 21.5. The second-order valence-corrected chi connectivity index (χ2v) is 7.17. The molecule has 2 heterocycles. The summed E-state index contributed by atoms with van der Waals surface area (Å²) in [5.74, 6) is -0.172. The zero-order valence-electron chi connectivity index (χ0n) is 17.0. The fourth-order valence-corrected chi connectivity index (χ4v) is 3.20.